The zero-order valence-corrected chi connectivity index (χ0v) is 13.6. The molecule has 10 atom stereocenters. The van der Waals surface area contributed by atoms with Gasteiger partial charge in [0, 0.05) is 14.2 Å². The Morgan fingerprint density at radius 3 is 1.87 bits per heavy atom. The Labute approximate surface area is 134 Å². The molecule has 0 bridgehead atoms. The summed E-state index contributed by atoms with van der Waals surface area (Å²) in [6.45, 7) is 3.27. The van der Waals surface area contributed by atoms with Crippen molar-refractivity contribution in [1.29, 1.82) is 0 Å². The fraction of sp³-hybridized carbons (Fsp3) is 1.00. The van der Waals surface area contributed by atoms with E-state index in [2.05, 4.69) is 0 Å². The Morgan fingerprint density at radius 1 is 0.696 bits per heavy atom. The summed E-state index contributed by atoms with van der Waals surface area (Å²) in [4.78, 5) is 0. The summed E-state index contributed by atoms with van der Waals surface area (Å²) >= 11 is 0. The van der Waals surface area contributed by atoms with E-state index in [1.807, 2.05) is 0 Å². The van der Waals surface area contributed by atoms with Crippen LogP contribution >= 0.6 is 0 Å². The summed E-state index contributed by atoms with van der Waals surface area (Å²) < 4.78 is 27.0. The highest BCUT2D eigenvalue weighted by Crippen LogP contribution is 2.30. The molecule has 2 rings (SSSR count). The van der Waals surface area contributed by atoms with Gasteiger partial charge in [0.25, 0.3) is 0 Å². The smallest absolute Gasteiger partial charge is 0.187 e. The van der Waals surface area contributed by atoms with Crippen LogP contribution in [-0.4, -0.2) is 96.1 Å². The van der Waals surface area contributed by atoms with Gasteiger partial charge in [0.1, 0.15) is 36.6 Å². The highest BCUT2D eigenvalue weighted by molar-refractivity contribution is 4.93. The van der Waals surface area contributed by atoms with Crippen LogP contribution in [0.3, 0.4) is 0 Å². The zero-order valence-electron chi connectivity index (χ0n) is 13.6. The lowest BCUT2D eigenvalue weighted by atomic mass is 9.97. The molecule has 9 nitrogen and oxygen atoms in total. The third-order valence-corrected chi connectivity index (χ3v) is 4.39. The molecule has 0 aromatic heterocycles. The fourth-order valence-corrected chi connectivity index (χ4v) is 3.01. The van der Waals surface area contributed by atoms with Gasteiger partial charge in [-0.25, -0.2) is 0 Å². The van der Waals surface area contributed by atoms with Gasteiger partial charge in [0.15, 0.2) is 12.6 Å². The normalized spacial score (nSPS) is 51.7. The van der Waals surface area contributed by atoms with Gasteiger partial charge < -0.3 is 44.1 Å². The Morgan fingerprint density at radius 2 is 1.30 bits per heavy atom. The average molecular weight is 338 g/mol. The summed E-state index contributed by atoms with van der Waals surface area (Å²) in [5.74, 6) is 0. The van der Waals surface area contributed by atoms with E-state index in [9.17, 15) is 20.4 Å². The number of hydrogen-bond acceptors (Lipinski definition) is 9. The van der Waals surface area contributed by atoms with Crippen LogP contribution < -0.4 is 0 Å². The van der Waals surface area contributed by atoms with Crippen molar-refractivity contribution in [1.82, 2.24) is 0 Å². The molecule has 2 saturated heterocycles. The molecule has 0 spiro atoms. The number of aliphatic hydroxyl groups excluding tert-OH is 4. The molecule has 0 aromatic carbocycles. The summed E-state index contributed by atoms with van der Waals surface area (Å²) in [7, 11) is 2.93. The predicted octanol–water partition coefficient (Wildman–Crippen LogP) is -2.03. The number of aliphatic hydroxyl groups is 4. The summed E-state index contributed by atoms with van der Waals surface area (Å²) in [5, 5.41) is 39.7. The van der Waals surface area contributed by atoms with Crippen LogP contribution in [0.1, 0.15) is 13.8 Å². The van der Waals surface area contributed by atoms with Gasteiger partial charge >= 0.3 is 0 Å². The van der Waals surface area contributed by atoms with E-state index in [-0.39, 0.29) is 0 Å². The lowest BCUT2D eigenvalue weighted by Gasteiger charge is -2.46. The van der Waals surface area contributed by atoms with Crippen LogP contribution in [0.25, 0.3) is 0 Å². The molecule has 0 radical (unpaired) electrons. The van der Waals surface area contributed by atoms with Crippen molar-refractivity contribution in [2.75, 3.05) is 14.2 Å². The van der Waals surface area contributed by atoms with Crippen molar-refractivity contribution in [3.8, 4) is 0 Å². The average Bonchev–Trinajstić information content (AvgIpc) is 2.52. The van der Waals surface area contributed by atoms with Crippen LogP contribution in [0, 0.1) is 0 Å². The van der Waals surface area contributed by atoms with Crippen LogP contribution in [0.5, 0.6) is 0 Å². The lowest BCUT2D eigenvalue weighted by molar-refractivity contribution is -0.359. The van der Waals surface area contributed by atoms with Gasteiger partial charge in [-0.15, -0.1) is 0 Å². The van der Waals surface area contributed by atoms with Crippen molar-refractivity contribution in [2.24, 2.45) is 0 Å². The Kier molecular flexibility index (Phi) is 6.34. The van der Waals surface area contributed by atoms with Gasteiger partial charge in [-0.05, 0) is 13.8 Å². The highest BCUT2D eigenvalue weighted by Gasteiger charge is 2.49. The molecular weight excluding hydrogens is 312 g/mol. The first-order valence-electron chi connectivity index (χ1n) is 7.56. The first-order valence-corrected chi connectivity index (χ1v) is 7.56. The van der Waals surface area contributed by atoms with E-state index in [0.29, 0.717) is 0 Å². The first-order chi connectivity index (χ1) is 10.8. The standard InChI is InChI=1S/C14H26O9/c1-5-7(15)8(16)9(17)14(22-5)23-12-11(20-4)10(19-3)6(2)21-13(12)18/h5-18H,1-4H3/t5-,6-,7-,8+,9+,10-,11+,12+,13+,14-/m0/s1. The van der Waals surface area contributed by atoms with Gasteiger partial charge in [-0.3, -0.25) is 0 Å². The van der Waals surface area contributed by atoms with Crippen LogP contribution in [0.2, 0.25) is 0 Å². The predicted molar refractivity (Wildman–Crippen MR) is 75.4 cm³/mol. The molecule has 0 aromatic rings. The molecule has 0 amide bonds. The molecule has 2 aliphatic heterocycles. The molecule has 4 N–H and O–H groups in total. The zero-order chi connectivity index (χ0) is 17.3. The molecule has 9 heteroatoms. The Balaban J connectivity index is 2.13. The van der Waals surface area contributed by atoms with Crippen LogP contribution in [0.15, 0.2) is 0 Å². The summed E-state index contributed by atoms with van der Waals surface area (Å²) in [5.41, 5.74) is 0. The van der Waals surface area contributed by atoms with Crippen molar-refractivity contribution in [3.05, 3.63) is 0 Å². The second kappa shape index (κ2) is 7.68. The maximum absolute atomic E-state index is 10.1. The van der Waals surface area contributed by atoms with Gasteiger partial charge in [0.05, 0.1) is 12.2 Å². The molecule has 2 fully saturated rings. The van der Waals surface area contributed by atoms with E-state index in [1.165, 1.54) is 21.1 Å². The van der Waals surface area contributed by atoms with Crippen LogP contribution in [0.4, 0.5) is 0 Å². The molecular formula is C14H26O9. The number of hydrogen-bond donors (Lipinski definition) is 4. The van der Waals surface area contributed by atoms with E-state index in [0.717, 1.165) is 0 Å². The minimum atomic E-state index is -1.48. The van der Waals surface area contributed by atoms with E-state index >= 15 is 0 Å². The third kappa shape index (κ3) is 3.68. The Hall–Kier alpha value is -0.360. The largest absolute Gasteiger partial charge is 0.388 e. The quantitative estimate of drug-likeness (QED) is 0.459. The molecule has 23 heavy (non-hydrogen) atoms. The number of rotatable bonds is 4. The lowest BCUT2D eigenvalue weighted by Crippen LogP contribution is -2.63. The number of ether oxygens (including phenoxy) is 5. The highest BCUT2D eigenvalue weighted by atomic mass is 16.7. The van der Waals surface area contributed by atoms with Crippen molar-refractivity contribution in [2.45, 2.75) is 75.3 Å². The maximum Gasteiger partial charge on any atom is 0.187 e. The van der Waals surface area contributed by atoms with Gasteiger partial charge in [-0.2, -0.15) is 0 Å². The van der Waals surface area contributed by atoms with Gasteiger partial charge in [-0.1, -0.05) is 0 Å². The first kappa shape index (κ1) is 19.0. The van der Waals surface area contributed by atoms with E-state index in [1.54, 1.807) is 6.92 Å². The van der Waals surface area contributed by atoms with Crippen molar-refractivity contribution in [3.63, 3.8) is 0 Å². The topological polar surface area (TPSA) is 127 Å². The molecule has 0 unspecified atom stereocenters. The molecule has 0 saturated carbocycles. The van der Waals surface area contributed by atoms with Crippen molar-refractivity contribution >= 4 is 0 Å². The molecule has 2 heterocycles. The Bertz CT molecular complexity index is 381. The van der Waals surface area contributed by atoms with Crippen molar-refractivity contribution < 1.29 is 44.1 Å². The fourth-order valence-electron chi connectivity index (χ4n) is 3.01. The third-order valence-electron chi connectivity index (χ3n) is 4.39. The summed E-state index contributed by atoms with van der Waals surface area (Å²) in [6.07, 6.45) is -10.1. The van der Waals surface area contributed by atoms with E-state index < -0.39 is 61.4 Å². The second-order valence-corrected chi connectivity index (χ2v) is 5.91. The van der Waals surface area contributed by atoms with Gasteiger partial charge in [0.2, 0.25) is 0 Å². The SMILES string of the molecule is CO[C@@H]1[C@@H](OC)[C@H](C)O[C@@H](O)[C@@H]1O[C@@H]1O[C@@H](C)[C@H](O)[C@@H](O)[C@H]1O. The molecule has 0 aliphatic carbocycles. The molecule has 136 valence electrons. The minimum absolute atomic E-state index is 0.427. The monoisotopic (exact) mass is 338 g/mol. The summed E-state index contributed by atoms with van der Waals surface area (Å²) in [6, 6.07) is 0. The molecule has 2 aliphatic rings. The minimum Gasteiger partial charge on any atom is -0.388 e. The van der Waals surface area contributed by atoms with E-state index in [4.69, 9.17) is 23.7 Å². The second-order valence-electron chi connectivity index (χ2n) is 5.91. The maximum atomic E-state index is 10.1. The van der Waals surface area contributed by atoms with Crippen LogP contribution in [-0.2, 0) is 23.7 Å². The number of methoxy groups -OCH3 is 2.